The third-order valence-electron chi connectivity index (χ3n) is 6.37. The molecule has 0 saturated carbocycles. The molecule has 35 heavy (non-hydrogen) atoms. The van der Waals surface area contributed by atoms with Gasteiger partial charge in [-0.3, -0.25) is 9.59 Å². The standard InChI is InChI=1S/C26H36N4O4S/c1-8-16(4)27-22(31)13-18-15-35-26-28-17(5)23(25(32)29(9-2)10-3)24(30(18)26)20-14-19(33-6)11-12-21(20)34-7/h11-12,14-16,24H,8-10,13H2,1-7H3,(H,27,31)/t16-,24+/m1/s1. The third-order valence-corrected chi connectivity index (χ3v) is 7.26. The summed E-state index contributed by atoms with van der Waals surface area (Å²) in [7, 11) is 3.22. The predicted octanol–water partition coefficient (Wildman–Crippen LogP) is 4.45. The van der Waals surface area contributed by atoms with E-state index in [4.69, 9.17) is 14.5 Å². The van der Waals surface area contributed by atoms with Crippen molar-refractivity contribution in [1.29, 1.82) is 0 Å². The number of aliphatic imine (C=N–C) groups is 1. The van der Waals surface area contributed by atoms with Crippen LogP contribution in [0.2, 0.25) is 0 Å². The Morgan fingerprint density at radius 3 is 2.51 bits per heavy atom. The monoisotopic (exact) mass is 500 g/mol. The molecule has 1 aromatic rings. The zero-order valence-electron chi connectivity index (χ0n) is 21.7. The van der Waals surface area contributed by atoms with Gasteiger partial charge in [0, 0.05) is 30.4 Å². The molecule has 2 heterocycles. The molecular weight excluding hydrogens is 464 g/mol. The minimum atomic E-state index is -0.515. The topological polar surface area (TPSA) is 83.5 Å². The van der Waals surface area contributed by atoms with E-state index in [2.05, 4.69) is 5.32 Å². The summed E-state index contributed by atoms with van der Waals surface area (Å²) < 4.78 is 11.2. The number of carbonyl (C=O) groups excluding carboxylic acids is 2. The number of thioether (sulfide) groups is 1. The lowest BCUT2D eigenvalue weighted by Crippen LogP contribution is -2.42. The van der Waals surface area contributed by atoms with Crippen molar-refractivity contribution < 1.29 is 19.1 Å². The van der Waals surface area contributed by atoms with Gasteiger partial charge >= 0.3 is 0 Å². The highest BCUT2D eigenvalue weighted by molar-refractivity contribution is 8.16. The summed E-state index contributed by atoms with van der Waals surface area (Å²) in [6.07, 6.45) is 1.04. The van der Waals surface area contributed by atoms with Gasteiger partial charge in [0.2, 0.25) is 5.91 Å². The van der Waals surface area contributed by atoms with Crippen molar-refractivity contribution in [2.45, 2.75) is 59.5 Å². The van der Waals surface area contributed by atoms with E-state index in [-0.39, 0.29) is 24.3 Å². The van der Waals surface area contributed by atoms with E-state index in [9.17, 15) is 9.59 Å². The number of hydrogen-bond donors (Lipinski definition) is 1. The number of allylic oxidation sites excluding steroid dienone is 1. The largest absolute Gasteiger partial charge is 0.497 e. The Kier molecular flexibility index (Phi) is 8.88. The smallest absolute Gasteiger partial charge is 0.254 e. The normalized spacial score (nSPS) is 17.9. The fourth-order valence-corrected chi connectivity index (χ4v) is 5.23. The van der Waals surface area contributed by atoms with Crippen molar-refractivity contribution in [2.24, 2.45) is 4.99 Å². The fraction of sp³-hybridized carbons (Fsp3) is 0.500. The number of fused-ring (bicyclic) bond motifs is 1. The van der Waals surface area contributed by atoms with E-state index in [0.717, 1.165) is 22.8 Å². The van der Waals surface area contributed by atoms with Crippen LogP contribution in [0, 0.1) is 0 Å². The molecule has 0 radical (unpaired) electrons. The highest BCUT2D eigenvalue weighted by Gasteiger charge is 2.42. The van der Waals surface area contributed by atoms with E-state index >= 15 is 0 Å². The van der Waals surface area contributed by atoms with Crippen LogP contribution in [0.15, 0.2) is 45.6 Å². The summed E-state index contributed by atoms with van der Waals surface area (Å²) >= 11 is 1.46. The van der Waals surface area contributed by atoms with Gasteiger partial charge < -0.3 is 24.6 Å². The second-order valence-electron chi connectivity index (χ2n) is 8.53. The molecule has 0 unspecified atom stereocenters. The zero-order valence-corrected chi connectivity index (χ0v) is 22.5. The first-order valence-electron chi connectivity index (χ1n) is 12.0. The lowest BCUT2D eigenvalue weighted by atomic mass is 9.91. The molecule has 0 fully saturated rings. The maximum absolute atomic E-state index is 13.8. The number of nitrogens with zero attached hydrogens (tertiary/aromatic N) is 3. The average Bonchev–Trinajstić information content (AvgIpc) is 3.24. The summed E-state index contributed by atoms with van der Waals surface area (Å²) in [6.45, 7) is 11.0. The quantitative estimate of drug-likeness (QED) is 0.511. The lowest BCUT2D eigenvalue weighted by Gasteiger charge is -2.38. The summed E-state index contributed by atoms with van der Waals surface area (Å²) in [5.74, 6) is 1.15. The number of amidine groups is 1. The summed E-state index contributed by atoms with van der Waals surface area (Å²) in [5, 5.41) is 5.73. The van der Waals surface area contributed by atoms with Gasteiger partial charge in [0.25, 0.3) is 5.91 Å². The van der Waals surface area contributed by atoms with Crippen LogP contribution in [-0.2, 0) is 9.59 Å². The molecule has 190 valence electrons. The van der Waals surface area contributed by atoms with Crippen LogP contribution < -0.4 is 14.8 Å². The Morgan fingerprint density at radius 1 is 1.20 bits per heavy atom. The number of rotatable bonds is 10. The number of methoxy groups -OCH3 is 2. The van der Waals surface area contributed by atoms with Crippen LogP contribution in [-0.4, -0.2) is 60.1 Å². The van der Waals surface area contributed by atoms with Crippen molar-refractivity contribution in [3.05, 3.63) is 46.1 Å². The molecule has 3 rings (SSSR count). The summed E-state index contributed by atoms with van der Waals surface area (Å²) in [4.78, 5) is 35.2. The highest BCUT2D eigenvalue weighted by atomic mass is 32.2. The van der Waals surface area contributed by atoms with Gasteiger partial charge in [0.15, 0.2) is 5.17 Å². The minimum absolute atomic E-state index is 0.0632. The number of nitrogens with one attached hydrogen (secondary N) is 1. The Hall–Kier alpha value is -2.94. The third kappa shape index (κ3) is 5.50. The van der Waals surface area contributed by atoms with Gasteiger partial charge in [-0.2, -0.15) is 0 Å². The van der Waals surface area contributed by atoms with E-state index in [1.54, 1.807) is 19.1 Å². The highest BCUT2D eigenvalue weighted by Crippen LogP contribution is 2.47. The molecule has 1 aromatic carbocycles. The second kappa shape index (κ2) is 11.7. The van der Waals surface area contributed by atoms with Gasteiger partial charge in [-0.15, -0.1) is 0 Å². The molecule has 0 saturated heterocycles. The summed E-state index contributed by atoms with van der Waals surface area (Å²) in [5.41, 5.74) is 2.81. The first-order chi connectivity index (χ1) is 16.8. The molecule has 1 N–H and O–H groups in total. The number of amides is 2. The van der Waals surface area contributed by atoms with Gasteiger partial charge in [-0.1, -0.05) is 18.7 Å². The molecule has 0 spiro atoms. The number of benzene rings is 1. The first-order valence-corrected chi connectivity index (χ1v) is 12.9. The van der Waals surface area contributed by atoms with Gasteiger partial charge in [-0.25, -0.2) is 4.99 Å². The van der Waals surface area contributed by atoms with Crippen molar-refractivity contribution >= 4 is 28.7 Å². The molecule has 0 bridgehead atoms. The van der Waals surface area contributed by atoms with Crippen LogP contribution in [0.1, 0.15) is 59.1 Å². The Balaban J connectivity index is 2.14. The lowest BCUT2D eigenvalue weighted by molar-refractivity contribution is -0.127. The SMILES string of the molecule is CC[C@@H](C)NC(=O)CC1=CSC2=NC(C)=C(C(=O)N(CC)CC)[C@H](c3cc(OC)ccc3OC)N12. The minimum Gasteiger partial charge on any atom is -0.497 e. The molecule has 2 amide bonds. The number of carbonyl (C=O) groups is 2. The molecule has 0 aromatic heterocycles. The molecule has 2 aliphatic rings. The van der Waals surface area contributed by atoms with Crippen molar-refractivity contribution in [2.75, 3.05) is 27.3 Å². The van der Waals surface area contributed by atoms with Crippen LogP contribution in [0.25, 0.3) is 0 Å². The average molecular weight is 501 g/mol. The van der Waals surface area contributed by atoms with Crippen LogP contribution in [0.3, 0.4) is 0 Å². The summed E-state index contributed by atoms with van der Waals surface area (Å²) in [6, 6.07) is 5.14. The maximum Gasteiger partial charge on any atom is 0.254 e. The maximum atomic E-state index is 13.8. The van der Waals surface area contributed by atoms with Crippen LogP contribution >= 0.6 is 11.8 Å². The molecule has 2 atom stereocenters. The van der Waals surface area contributed by atoms with E-state index in [1.165, 1.54) is 11.8 Å². The molecule has 8 nitrogen and oxygen atoms in total. The number of hydrogen-bond acceptors (Lipinski definition) is 7. The van der Waals surface area contributed by atoms with Crippen LogP contribution in [0.4, 0.5) is 0 Å². The van der Waals surface area contributed by atoms with Crippen molar-refractivity contribution in [3.63, 3.8) is 0 Å². The molecular formula is C26H36N4O4S. The van der Waals surface area contributed by atoms with Crippen molar-refractivity contribution in [3.8, 4) is 11.5 Å². The van der Waals surface area contributed by atoms with E-state index in [0.29, 0.717) is 35.9 Å². The molecule has 2 aliphatic heterocycles. The number of ether oxygens (including phenoxy) is 2. The van der Waals surface area contributed by atoms with Gasteiger partial charge in [0.05, 0.1) is 38.0 Å². The molecule has 0 aliphatic carbocycles. The van der Waals surface area contributed by atoms with Gasteiger partial charge in [0.1, 0.15) is 11.5 Å². The van der Waals surface area contributed by atoms with E-state index < -0.39 is 6.04 Å². The molecule has 9 heteroatoms. The van der Waals surface area contributed by atoms with Gasteiger partial charge in [-0.05, 0) is 57.7 Å². The Morgan fingerprint density at radius 2 is 1.91 bits per heavy atom. The number of likely N-dealkylation sites (N-methyl/N-ethyl adjacent to an activating group) is 1. The fourth-order valence-electron chi connectivity index (χ4n) is 4.26. The zero-order chi connectivity index (χ0) is 25.7. The Bertz CT molecular complexity index is 1060. The Labute approximate surface area is 212 Å². The van der Waals surface area contributed by atoms with Crippen molar-refractivity contribution in [1.82, 2.24) is 15.1 Å². The first kappa shape index (κ1) is 26.7. The predicted molar refractivity (Wildman–Crippen MR) is 140 cm³/mol. The second-order valence-corrected chi connectivity index (χ2v) is 9.37. The van der Waals surface area contributed by atoms with Crippen LogP contribution in [0.5, 0.6) is 11.5 Å². The van der Waals surface area contributed by atoms with E-state index in [1.807, 2.05) is 63.1 Å².